The highest BCUT2D eigenvalue weighted by Crippen LogP contribution is 2.19. The fourth-order valence-corrected chi connectivity index (χ4v) is 1.94. The summed E-state index contributed by atoms with van der Waals surface area (Å²) in [5.74, 6) is 0. The van der Waals surface area contributed by atoms with Crippen LogP contribution in [0, 0.1) is 5.41 Å². The first-order valence-electron chi connectivity index (χ1n) is 6.24. The van der Waals surface area contributed by atoms with Gasteiger partial charge in [0.05, 0.1) is 5.71 Å². The molecule has 3 N–H and O–H groups in total. The molecule has 102 valence electrons. The number of benzene rings is 1. The summed E-state index contributed by atoms with van der Waals surface area (Å²) in [6, 6.07) is 5.98. The van der Waals surface area contributed by atoms with Crippen molar-refractivity contribution in [2.24, 2.45) is 4.99 Å². The van der Waals surface area contributed by atoms with Crippen molar-refractivity contribution in [3.05, 3.63) is 40.6 Å². The van der Waals surface area contributed by atoms with Gasteiger partial charge in [0.25, 0.3) is 0 Å². The molecule has 4 heteroatoms. The first kappa shape index (κ1) is 15.0. The van der Waals surface area contributed by atoms with Crippen LogP contribution in [-0.2, 0) is 0 Å². The minimum atomic E-state index is 0.857. The van der Waals surface area contributed by atoms with Crippen molar-refractivity contribution in [3.8, 4) is 0 Å². The standard InChI is InChI=1S/C15H22N4/c1-10(11(2)17-3)15(19-5)12-6-7-14(18-4)13(8-12)9-16/h6-9,16-18H,1-5H3/b11-10+,16-9?,19-15?. The molecule has 0 fully saturated rings. The first-order valence-corrected chi connectivity index (χ1v) is 6.24. The van der Waals surface area contributed by atoms with Gasteiger partial charge in [0, 0.05) is 49.9 Å². The molecule has 0 spiro atoms. The number of allylic oxidation sites excluding steroid dienone is 2. The highest BCUT2D eigenvalue weighted by Gasteiger charge is 2.09. The molecule has 0 aliphatic heterocycles. The molecule has 0 radical (unpaired) electrons. The SMILES string of the molecule is CN=C(/C(C)=C(\C)NC)c1ccc(NC)c(C=N)c1. The Labute approximate surface area is 115 Å². The summed E-state index contributed by atoms with van der Waals surface area (Å²) in [7, 11) is 5.55. The van der Waals surface area contributed by atoms with Gasteiger partial charge in [-0.15, -0.1) is 0 Å². The largest absolute Gasteiger partial charge is 0.391 e. The molecule has 0 saturated heterocycles. The first-order chi connectivity index (χ1) is 9.08. The minimum absolute atomic E-state index is 0.857. The highest BCUT2D eigenvalue weighted by molar-refractivity contribution is 6.13. The molecule has 19 heavy (non-hydrogen) atoms. The van der Waals surface area contributed by atoms with Gasteiger partial charge in [-0.05, 0) is 31.6 Å². The molecular weight excluding hydrogens is 236 g/mol. The number of anilines is 1. The lowest BCUT2D eigenvalue weighted by Gasteiger charge is -2.13. The van der Waals surface area contributed by atoms with Gasteiger partial charge in [0.2, 0.25) is 0 Å². The van der Waals surface area contributed by atoms with Crippen molar-refractivity contribution < 1.29 is 0 Å². The molecule has 4 nitrogen and oxygen atoms in total. The third kappa shape index (κ3) is 3.22. The summed E-state index contributed by atoms with van der Waals surface area (Å²) in [6.07, 6.45) is 1.35. The van der Waals surface area contributed by atoms with Crippen molar-refractivity contribution in [3.63, 3.8) is 0 Å². The maximum absolute atomic E-state index is 7.48. The summed E-state index contributed by atoms with van der Waals surface area (Å²) < 4.78 is 0. The van der Waals surface area contributed by atoms with Crippen LogP contribution in [0.3, 0.4) is 0 Å². The second kappa shape index (κ2) is 6.73. The van der Waals surface area contributed by atoms with E-state index in [0.717, 1.165) is 33.8 Å². The molecule has 0 heterocycles. The predicted molar refractivity (Wildman–Crippen MR) is 83.8 cm³/mol. The lowest BCUT2D eigenvalue weighted by atomic mass is 9.99. The van der Waals surface area contributed by atoms with E-state index in [-0.39, 0.29) is 0 Å². The van der Waals surface area contributed by atoms with Gasteiger partial charge in [0.15, 0.2) is 0 Å². The Hall–Kier alpha value is -2.10. The Morgan fingerprint density at radius 1 is 1.26 bits per heavy atom. The van der Waals surface area contributed by atoms with Crippen molar-refractivity contribution in [1.29, 1.82) is 5.41 Å². The van der Waals surface area contributed by atoms with Crippen LogP contribution < -0.4 is 10.6 Å². The quantitative estimate of drug-likeness (QED) is 0.711. The smallest absolute Gasteiger partial charge is 0.0689 e. The number of nitrogens with one attached hydrogen (secondary N) is 3. The zero-order chi connectivity index (χ0) is 14.4. The van der Waals surface area contributed by atoms with Crippen LogP contribution in [0.5, 0.6) is 0 Å². The summed E-state index contributed by atoms with van der Waals surface area (Å²) in [6.45, 7) is 4.07. The van der Waals surface area contributed by atoms with Crippen LogP contribution in [0.15, 0.2) is 34.5 Å². The third-order valence-corrected chi connectivity index (χ3v) is 3.27. The number of aliphatic imine (C=N–C) groups is 1. The fraction of sp³-hybridized carbons (Fsp3) is 0.333. The average Bonchev–Trinajstić information content (AvgIpc) is 2.46. The zero-order valence-corrected chi connectivity index (χ0v) is 12.3. The Morgan fingerprint density at radius 3 is 2.42 bits per heavy atom. The summed E-state index contributed by atoms with van der Waals surface area (Å²) in [4.78, 5) is 4.38. The maximum atomic E-state index is 7.48. The van der Waals surface area contributed by atoms with Gasteiger partial charge in [-0.3, -0.25) is 4.99 Å². The van der Waals surface area contributed by atoms with Crippen LogP contribution in [0.4, 0.5) is 5.69 Å². The molecule has 0 amide bonds. The van der Waals surface area contributed by atoms with Gasteiger partial charge in [-0.25, -0.2) is 0 Å². The topological polar surface area (TPSA) is 60.3 Å². The van der Waals surface area contributed by atoms with Crippen LogP contribution in [0.25, 0.3) is 0 Å². The maximum Gasteiger partial charge on any atom is 0.0689 e. The van der Waals surface area contributed by atoms with Gasteiger partial charge in [-0.2, -0.15) is 0 Å². The van der Waals surface area contributed by atoms with E-state index in [1.165, 1.54) is 6.21 Å². The lowest BCUT2D eigenvalue weighted by molar-refractivity contribution is 0.973. The monoisotopic (exact) mass is 258 g/mol. The minimum Gasteiger partial charge on any atom is -0.391 e. The number of hydrogen-bond donors (Lipinski definition) is 3. The van der Waals surface area contributed by atoms with Crippen LogP contribution in [0.1, 0.15) is 25.0 Å². The number of rotatable bonds is 5. The normalized spacial score (nSPS) is 12.8. The van der Waals surface area contributed by atoms with E-state index >= 15 is 0 Å². The van der Waals surface area contributed by atoms with Crippen molar-refractivity contribution in [1.82, 2.24) is 5.32 Å². The molecule has 0 unspecified atom stereocenters. The molecule has 0 bridgehead atoms. The fourth-order valence-electron chi connectivity index (χ4n) is 1.94. The van der Waals surface area contributed by atoms with E-state index in [1.54, 1.807) is 7.05 Å². The van der Waals surface area contributed by atoms with Crippen molar-refractivity contribution in [2.75, 3.05) is 26.5 Å². The van der Waals surface area contributed by atoms with E-state index in [2.05, 4.69) is 15.6 Å². The van der Waals surface area contributed by atoms with Gasteiger partial charge < -0.3 is 16.0 Å². The third-order valence-electron chi connectivity index (χ3n) is 3.27. The molecular formula is C15H22N4. The highest BCUT2D eigenvalue weighted by atomic mass is 14.8. The van der Waals surface area contributed by atoms with Crippen LogP contribution >= 0.6 is 0 Å². The number of nitrogens with zero attached hydrogens (tertiary/aromatic N) is 1. The molecule has 0 aliphatic carbocycles. The molecule has 0 aliphatic rings. The number of hydrogen-bond acceptors (Lipinski definition) is 4. The van der Waals surface area contributed by atoms with E-state index in [4.69, 9.17) is 5.41 Å². The van der Waals surface area contributed by atoms with E-state index < -0.39 is 0 Å². The Morgan fingerprint density at radius 2 is 1.95 bits per heavy atom. The van der Waals surface area contributed by atoms with Gasteiger partial charge in [-0.1, -0.05) is 6.07 Å². The Bertz CT molecular complexity index is 527. The van der Waals surface area contributed by atoms with E-state index in [1.807, 2.05) is 46.1 Å². The average molecular weight is 258 g/mol. The van der Waals surface area contributed by atoms with Crippen molar-refractivity contribution in [2.45, 2.75) is 13.8 Å². The summed E-state index contributed by atoms with van der Waals surface area (Å²) in [5.41, 5.74) is 5.97. The second-order valence-corrected chi connectivity index (χ2v) is 4.27. The predicted octanol–water partition coefficient (Wildman–Crippen LogP) is 2.66. The molecule has 0 aromatic heterocycles. The van der Waals surface area contributed by atoms with Gasteiger partial charge >= 0.3 is 0 Å². The molecule has 0 atom stereocenters. The second-order valence-electron chi connectivity index (χ2n) is 4.27. The molecule has 0 saturated carbocycles. The summed E-state index contributed by atoms with van der Waals surface area (Å²) in [5, 5.41) is 13.7. The van der Waals surface area contributed by atoms with E-state index in [9.17, 15) is 0 Å². The van der Waals surface area contributed by atoms with Crippen molar-refractivity contribution >= 4 is 17.6 Å². The van der Waals surface area contributed by atoms with E-state index in [0.29, 0.717) is 0 Å². The summed E-state index contributed by atoms with van der Waals surface area (Å²) >= 11 is 0. The van der Waals surface area contributed by atoms with Gasteiger partial charge in [0.1, 0.15) is 0 Å². The molecule has 1 aromatic rings. The molecule has 1 rings (SSSR count). The zero-order valence-electron chi connectivity index (χ0n) is 12.3. The van der Waals surface area contributed by atoms with Crippen LogP contribution in [-0.4, -0.2) is 33.1 Å². The Balaban J connectivity index is 3.32. The molecule has 1 aromatic carbocycles. The Kier molecular flexibility index (Phi) is 5.30. The van der Waals surface area contributed by atoms with Crippen LogP contribution in [0.2, 0.25) is 0 Å². The lowest BCUT2D eigenvalue weighted by Crippen LogP contribution is -2.12.